The monoisotopic (exact) mass is 452 g/mol. The lowest BCUT2D eigenvalue weighted by Crippen LogP contribution is -2.54. The van der Waals surface area contributed by atoms with Gasteiger partial charge in [-0.05, 0) is 34.6 Å². The van der Waals surface area contributed by atoms with Crippen LogP contribution in [0.5, 0.6) is 0 Å². The Kier molecular flexibility index (Phi) is 8.09. The number of hydrogen-bond donors (Lipinski definition) is 3. The van der Waals surface area contributed by atoms with Gasteiger partial charge in [0, 0.05) is 5.92 Å². The molecule has 0 saturated carbocycles. The number of carbonyl (C=O) groups is 3. The van der Waals surface area contributed by atoms with E-state index in [1.807, 2.05) is 57.2 Å². The first-order valence-electron chi connectivity index (χ1n) is 11.5. The van der Waals surface area contributed by atoms with Crippen LogP contribution in [-0.2, 0) is 14.3 Å². The number of fused-ring (bicyclic) bond motifs is 3. The highest BCUT2D eigenvalue weighted by Crippen LogP contribution is 2.44. The summed E-state index contributed by atoms with van der Waals surface area (Å²) in [4.78, 5) is 36.9. The molecule has 0 aliphatic heterocycles. The van der Waals surface area contributed by atoms with Gasteiger partial charge in [0.2, 0.25) is 5.91 Å². The van der Waals surface area contributed by atoms with E-state index in [9.17, 15) is 19.5 Å². The lowest BCUT2D eigenvalue weighted by molar-refractivity contribution is -0.142. The van der Waals surface area contributed by atoms with Crippen LogP contribution in [0, 0.1) is 5.92 Å². The molecule has 0 fully saturated rings. The van der Waals surface area contributed by atoms with E-state index in [0.29, 0.717) is 19.3 Å². The van der Waals surface area contributed by atoms with E-state index in [-0.39, 0.29) is 18.4 Å². The van der Waals surface area contributed by atoms with Gasteiger partial charge in [-0.1, -0.05) is 82.1 Å². The first kappa shape index (κ1) is 24.3. The van der Waals surface area contributed by atoms with Gasteiger partial charge in [0.1, 0.15) is 18.7 Å². The Bertz CT molecular complexity index is 960. The Hall–Kier alpha value is -3.35. The van der Waals surface area contributed by atoms with E-state index < -0.39 is 30.1 Å². The van der Waals surface area contributed by atoms with Gasteiger partial charge in [-0.25, -0.2) is 9.59 Å². The van der Waals surface area contributed by atoms with Gasteiger partial charge in [-0.15, -0.1) is 0 Å². The van der Waals surface area contributed by atoms with Crippen LogP contribution >= 0.6 is 0 Å². The Labute approximate surface area is 194 Å². The molecule has 7 nitrogen and oxygen atoms in total. The second kappa shape index (κ2) is 11.0. The third kappa shape index (κ3) is 5.53. The van der Waals surface area contributed by atoms with Crippen LogP contribution in [0.25, 0.3) is 11.1 Å². The van der Waals surface area contributed by atoms with Crippen molar-refractivity contribution in [2.75, 3.05) is 6.61 Å². The average molecular weight is 453 g/mol. The molecule has 0 bridgehead atoms. The Morgan fingerprint density at radius 2 is 1.55 bits per heavy atom. The fraction of sp³-hybridized carbons (Fsp3) is 0.423. The Morgan fingerprint density at radius 3 is 2.06 bits per heavy atom. The molecule has 2 amide bonds. The van der Waals surface area contributed by atoms with Crippen molar-refractivity contribution in [1.29, 1.82) is 0 Å². The summed E-state index contributed by atoms with van der Waals surface area (Å²) in [6.07, 6.45) is 0.872. The molecular formula is C26H32N2O5. The number of carbonyl (C=O) groups excluding carboxylic acids is 2. The summed E-state index contributed by atoms with van der Waals surface area (Å²) in [7, 11) is 0. The van der Waals surface area contributed by atoms with Crippen LogP contribution in [0.4, 0.5) is 4.79 Å². The fourth-order valence-corrected chi connectivity index (χ4v) is 4.28. The molecule has 33 heavy (non-hydrogen) atoms. The Morgan fingerprint density at radius 1 is 0.970 bits per heavy atom. The van der Waals surface area contributed by atoms with E-state index in [2.05, 4.69) is 22.8 Å². The molecule has 7 heteroatoms. The van der Waals surface area contributed by atoms with Gasteiger partial charge in [-0.3, -0.25) is 4.79 Å². The molecular weight excluding hydrogens is 420 g/mol. The number of ether oxygens (including phenoxy) is 1. The SMILES string of the molecule is CCCC(NC(=O)[C@@H](NC(=O)OCC1c2ccccc2-c2ccccc21)C(C)CC)C(=O)O. The molecule has 3 N–H and O–H groups in total. The number of carboxylic acids is 1. The molecule has 0 heterocycles. The summed E-state index contributed by atoms with van der Waals surface area (Å²) >= 11 is 0. The van der Waals surface area contributed by atoms with Gasteiger partial charge < -0.3 is 20.5 Å². The van der Waals surface area contributed by atoms with E-state index in [4.69, 9.17) is 4.74 Å². The predicted molar refractivity (Wildman–Crippen MR) is 126 cm³/mol. The van der Waals surface area contributed by atoms with Crippen molar-refractivity contribution in [2.45, 2.75) is 58.0 Å². The molecule has 0 saturated heterocycles. The zero-order valence-electron chi connectivity index (χ0n) is 19.3. The summed E-state index contributed by atoms with van der Waals surface area (Å²) in [6.45, 7) is 5.74. The molecule has 3 rings (SSSR count). The van der Waals surface area contributed by atoms with Gasteiger partial charge in [0.15, 0.2) is 0 Å². The largest absolute Gasteiger partial charge is 0.480 e. The minimum atomic E-state index is -1.09. The number of carboxylic acid groups (broad SMARTS) is 1. The molecule has 3 atom stereocenters. The van der Waals surface area contributed by atoms with Crippen LogP contribution in [0.2, 0.25) is 0 Å². The number of rotatable bonds is 10. The lowest BCUT2D eigenvalue weighted by Gasteiger charge is -2.25. The third-order valence-electron chi connectivity index (χ3n) is 6.30. The minimum absolute atomic E-state index is 0.0834. The molecule has 2 aromatic rings. The topological polar surface area (TPSA) is 105 Å². The number of aliphatic carboxylic acids is 1. The van der Waals surface area contributed by atoms with Crippen molar-refractivity contribution in [3.8, 4) is 11.1 Å². The average Bonchev–Trinajstić information content (AvgIpc) is 3.14. The number of benzene rings is 2. The van der Waals surface area contributed by atoms with Crippen molar-refractivity contribution in [2.24, 2.45) is 5.92 Å². The smallest absolute Gasteiger partial charge is 0.407 e. The summed E-state index contributed by atoms with van der Waals surface area (Å²) < 4.78 is 5.57. The molecule has 1 aliphatic rings. The molecule has 1 aliphatic carbocycles. The molecule has 0 aromatic heterocycles. The van der Waals surface area contributed by atoms with Crippen molar-refractivity contribution < 1.29 is 24.2 Å². The van der Waals surface area contributed by atoms with Crippen LogP contribution in [-0.4, -0.2) is 41.8 Å². The zero-order valence-corrected chi connectivity index (χ0v) is 19.3. The maximum absolute atomic E-state index is 12.8. The van der Waals surface area contributed by atoms with Crippen LogP contribution in [0.15, 0.2) is 48.5 Å². The highest BCUT2D eigenvalue weighted by Gasteiger charge is 2.32. The lowest BCUT2D eigenvalue weighted by atomic mass is 9.97. The van der Waals surface area contributed by atoms with E-state index in [1.165, 1.54) is 0 Å². The molecule has 2 aromatic carbocycles. The quantitative estimate of drug-likeness (QED) is 0.498. The van der Waals surface area contributed by atoms with Crippen molar-refractivity contribution in [1.82, 2.24) is 10.6 Å². The van der Waals surface area contributed by atoms with E-state index in [1.54, 1.807) is 0 Å². The van der Waals surface area contributed by atoms with E-state index in [0.717, 1.165) is 22.3 Å². The van der Waals surface area contributed by atoms with Crippen LogP contribution < -0.4 is 10.6 Å². The second-order valence-corrected chi connectivity index (χ2v) is 8.52. The standard InChI is InChI=1S/C26H32N2O5/c1-4-10-22(25(30)31)27-24(29)23(16(3)5-2)28-26(32)33-15-21-19-13-8-6-11-17(19)18-12-7-9-14-20(18)21/h6-9,11-14,16,21-23H,4-5,10,15H2,1-3H3,(H,27,29)(H,28,32)(H,30,31)/t16?,22?,23-/m0/s1. The van der Waals surface area contributed by atoms with Crippen molar-refractivity contribution in [3.63, 3.8) is 0 Å². The summed E-state index contributed by atoms with van der Waals surface area (Å²) in [6, 6.07) is 14.2. The maximum Gasteiger partial charge on any atom is 0.407 e. The summed E-state index contributed by atoms with van der Waals surface area (Å²) in [5.74, 6) is -1.88. The number of alkyl carbamates (subject to hydrolysis) is 1. The third-order valence-corrected chi connectivity index (χ3v) is 6.30. The molecule has 176 valence electrons. The number of hydrogen-bond acceptors (Lipinski definition) is 4. The Balaban J connectivity index is 1.68. The second-order valence-electron chi connectivity index (χ2n) is 8.52. The molecule has 2 unspecified atom stereocenters. The zero-order chi connectivity index (χ0) is 24.0. The molecule has 0 spiro atoms. The van der Waals surface area contributed by atoms with Gasteiger partial charge in [-0.2, -0.15) is 0 Å². The van der Waals surface area contributed by atoms with Crippen LogP contribution in [0.1, 0.15) is 57.1 Å². The normalized spacial score (nSPS) is 15.0. The van der Waals surface area contributed by atoms with Gasteiger partial charge in [0.05, 0.1) is 0 Å². The first-order chi connectivity index (χ1) is 15.9. The fourth-order valence-electron chi connectivity index (χ4n) is 4.28. The minimum Gasteiger partial charge on any atom is -0.480 e. The maximum atomic E-state index is 12.8. The van der Waals surface area contributed by atoms with Gasteiger partial charge >= 0.3 is 12.1 Å². The number of nitrogens with one attached hydrogen (secondary N) is 2. The summed E-state index contributed by atoms with van der Waals surface area (Å²) in [5, 5.41) is 14.6. The highest BCUT2D eigenvalue weighted by atomic mass is 16.5. The first-order valence-corrected chi connectivity index (χ1v) is 11.5. The predicted octanol–water partition coefficient (Wildman–Crippen LogP) is 4.31. The van der Waals surface area contributed by atoms with Gasteiger partial charge in [0.25, 0.3) is 0 Å². The number of amides is 2. The van der Waals surface area contributed by atoms with E-state index >= 15 is 0 Å². The van der Waals surface area contributed by atoms with Crippen molar-refractivity contribution in [3.05, 3.63) is 59.7 Å². The van der Waals surface area contributed by atoms with Crippen molar-refractivity contribution >= 4 is 18.0 Å². The van der Waals surface area contributed by atoms with Crippen LogP contribution in [0.3, 0.4) is 0 Å². The summed E-state index contributed by atoms with van der Waals surface area (Å²) in [5.41, 5.74) is 4.47. The molecule has 0 radical (unpaired) electrons. The highest BCUT2D eigenvalue weighted by molar-refractivity contribution is 5.89.